The van der Waals surface area contributed by atoms with Crippen LogP contribution in [0.3, 0.4) is 0 Å². The Morgan fingerprint density at radius 1 is 1.26 bits per heavy atom. The van der Waals surface area contributed by atoms with E-state index in [0.717, 1.165) is 6.20 Å². The number of pyridine rings is 2. The molecule has 7 heteroatoms. The highest BCUT2D eigenvalue weighted by atomic mass is 32.2. The van der Waals surface area contributed by atoms with Crippen LogP contribution < -0.4 is 4.72 Å². The average molecular weight is 274 g/mol. The second-order valence-corrected chi connectivity index (χ2v) is 5.45. The lowest BCUT2D eigenvalue weighted by Gasteiger charge is -2.08. The summed E-state index contributed by atoms with van der Waals surface area (Å²) < 4.78 is 26.5. The number of aryl methyl sites for hydroxylation is 1. The Bertz CT molecular complexity index is 733. The van der Waals surface area contributed by atoms with Crippen molar-refractivity contribution in [3.63, 3.8) is 0 Å². The fourth-order valence-corrected chi connectivity index (χ4v) is 2.41. The molecule has 0 aliphatic carbocycles. The Kier molecular flexibility index (Phi) is 3.44. The Morgan fingerprint density at radius 2 is 2.05 bits per heavy atom. The summed E-state index contributed by atoms with van der Waals surface area (Å²) in [6.07, 6.45) is 2.64. The summed E-state index contributed by atoms with van der Waals surface area (Å²) in [7, 11) is -3.75. The lowest BCUT2D eigenvalue weighted by Crippen LogP contribution is -2.15. The molecule has 0 bridgehead atoms. The highest BCUT2D eigenvalue weighted by Gasteiger charge is 2.16. The summed E-state index contributed by atoms with van der Waals surface area (Å²) in [6.45, 7) is 1.75. The molecule has 1 N–H and O–H groups in total. The summed E-state index contributed by atoms with van der Waals surface area (Å²) in [5, 5.41) is 8.62. The molecule has 0 spiro atoms. The number of hydrogen-bond acceptors (Lipinski definition) is 5. The summed E-state index contributed by atoms with van der Waals surface area (Å²) in [5.74, 6) is 0.270. The van der Waals surface area contributed by atoms with E-state index in [4.69, 9.17) is 5.26 Å². The summed E-state index contributed by atoms with van der Waals surface area (Å²) in [4.78, 5) is 7.67. The molecule has 0 aromatic carbocycles. The van der Waals surface area contributed by atoms with Gasteiger partial charge in [-0.1, -0.05) is 6.07 Å². The van der Waals surface area contributed by atoms with Gasteiger partial charge >= 0.3 is 0 Å². The lowest BCUT2D eigenvalue weighted by atomic mass is 10.3. The van der Waals surface area contributed by atoms with Crippen LogP contribution in [0.5, 0.6) is 0 Å². The van der Waals surface area contributed by atoms with E-state index >= 15 is 0 Å². The molecule has 0 amide bonds. The normalized spacial score (nSPS) is 10.7. The number of anilines is 1. The highest BCUT2D eigenvalue weighted by molar-refractivity contribution is 7.92. The van der Waals surface area contributed by atoms with Crippen LogP contribution in [0.15, 0.2) is 41.6 Å². The van der Waals surface area contributed by atoms with Crippen LogP contribution in [0.4, 0.5) is 5.82 Å². The highest BCUT2D eigenvalue weighted by Crippen LogP contribution is 2.16. The van der Waals surface area contributed by atoms with Gasteiger partial charge in [0.15, 0.2) is 0 Å². The molecule has 0 atom stereocenters. The van der Waals surface area contributed by atoms with Crippen LogP contribution in [0, 0.1) is 18.3 Å². The van der Waals surface area contributed by atoms with Gasteiger partial charge in [0.1, 0.15) is 22.5 Å². The minimum Gasteiger partial charge on any atom is -0.263 e. The molecular formula is C12H10N4O2S. The maximum atomic E-state index is 12.1. The molecule has 0 aliphatic rings. The molecule has 0 unspecified atom stereocenters. The van der Waals surface area contributed by atoms with Crippen molar-refractivity contribution in [1.82, 2.24) is 9.97 Å². The summed E-state index contributed by atoms with van der Waals surface area (Å²) in [6, 6.07) is 7.97. The van der Waals surface area contributed by atoms with E-state index < -0.39 is 10.0 Å². The quantitative estimate of drug-likeness (QED) is 0.914. The van der Waals surface area contributed by atoms with E-state index in [9.17, 15) is 8.42 Å². The number of rotatable bonds is 3. The summed E-state index contributed by atoms with van der Waals surface area (Å²) in [5.41, 5.74) is 0.876. The fourth-order valence-electron chi connectivity index (χ4n) is 1.38. The molecule has 96 valence electrons. The number of nitrogens with one attached hydrogen (secondary N) is 1. The van der Waals surface area contributed by atoms with Gasteiger partial charge in [-0.25, -0.2) is 18.4 Å². The topological polar surface area (TPSA) is 95.7 Å². The predicted molar refractivity (Wildman–Crippen MR) is 68.7 cm³/mol. The van der Waals surface area contributed by atoms with Crippen molar-refractivity contribution in [2.24, 2.45) is 0 Å². The van der Waals surface area contributed by atoms with Gasteiger partial charge in [0.2, 0.25) is 0 Å². The number of sulfonamides is 1. The molecule has 2 aromatic rings. The molecule has 0 aliphatic heterocycles. The van der Waals surface area contributed by atoms with Gasteiger partial charge in [0.05, 0.1) is 0 Å². The van der Waals surface area contributed by atoms with Crippen molar-refractivity contribution in [3.8, 4) is 6.07 Å². The minimum atomic E-state index is -3.75. The molecule has 19 heavy (non-hydrogen) atoms. The molecule has 6 nitrogen and oxygen atoms in total. The number of aromatic nitrogens is 2. The van der Waals surface area contributed by atoms with E-state index in [1.807, 2.05) is 6.07 Å². The molecular weight excluding hydrogens is 264 g/mol. The number of nitriles is 1. The Labute approximate surface area is 110 Å². The van der Waals surface area contributed by atoms with Crippen molar-refractivity contribution in [3.05, 3.63) is 47.9 Å². The van der Waals surface area contributed by atoms with Crippen LogP contribution in [-0.4, -0.2) is 18.4 Å². The van der Waals surface area contributed by atoms with Crippen LogP contribution in [0.2, 0.25) is 0 Å². The van der Waals surface area contributed by atoms with Gasteiger partial charge in [0, 0.05) is 12.4 Å². The third-order valence-electron chi connectivity index (χ3n) is 2.40. The second-order valence-electron chi connectivity index (χ2n) is 3.77. The first kappa shape index (κ1) is 13.0. The molecule has 2 aromatic heterocycles. The third kappa shape index (κ3) is 2.86. The molecule has 2 heterocycles. The van der Waals surface area contributed by atoms with Crippen molar-refractivity contribution >= 4 is 15.8 Å². The zero-order chi connectivity index (χ0) is 13.9. The molecule has 2 rings (SSSR count). The average Bonchev–Trinajstić information content (AvgIpc) is 2.41. The first-order valence-corrected chi connectivity index (χ1v) is 6.82. The smallest absolute Gasteiger partial charge is 0.263 e. The van der Waals surface area contributed by atoms with Crippen LogP contribution in [0.25, 0.3) is 0 Å². The maximum Gasteiger partial charge on any atom is 0.264 e. The lowest BCUT2D eigenvalue weighted by molar-refractivity contribution is 0.600. The SMILES string of the molecule is Cc1cccnc1NS(=O)(=O)c1ccc(C#N)nc1. The van der Waals surface area contributed by atoms with Crippen molar-refractivity contribution in [1.29, 1.82) is 5.26 Å². The molecule has 0 saturated carbocycles. The van der Waals surface area contributed by atoms with Gasteiger partial charge in [-0.3, -0.25) is 4.72 Å². The van der Waals surface area contributed by atoms with Gasteiger partial charge in [0.25, 0.3) is 10.0 Å². The van der Waals surface area contributed by atoms with Crippen molar-refractivity contribution in [2.45, 2.75) is 11.8 Å². The van der Waals surface area contributed by atoms with Crippen LogP contribution >= 0.6 is 0 Å². The van der Waals surface area contributed by atoms with Gasteiger partial charge < -0.3 is 0 Å². The first-order valence-electron chi connectivity index (χ1n) is 5.33. The molecule has 0 radical (unpaired) electrons. The molecule has 0 fully saturated rings. The number of hydrogen-bond donors (Lipinski definition) is 1. The predicted octanol–water partition coefficient (Wildman–Crippen LogP) is 1.46. The van der Waals surface area contributed by atoms with E-state index in [2.05, 4.69) is 14.7 Å². The van der Waals surface area contributed by atoms with Gasteiger partial charge in [-0.05, 0) is 30.7 Å². The third-order valence-corrected chi connectivity index (χ3v) is 3.73. The van der Waals surface area contributed by atoms with Gasteiger partial charge in [-0.15, -0.1) is 0 Å². The van der Waals surface area contributed by atoms with E-state index in [1.165, 1.54) is 18.3 Å². The van der Waals surface area contributed by atoms with E-state index in [0.29, 0.717) is 5.56 Å². The Morgan fingerprint density at radius 3 is 2.63 bits per heavy atom. The fraction of sp³-hybridized carbons (Fsp3) is 0.0833. The van der Waals surface area contributed by atoms with Crippen molar-refractivity contribution < 1.29 is 8.42 Å². The van der Waals surface area contributed by atoms with Crippen molar-refractivity contribution in [2.75, 3.05) is 4.72 Å². The summed E-state index contributed by atoms with van der Waals surface area (Å²) >= 11 is 0. The zero-order valence-electron chi connectivity index (χ0n) is 10.0. The van der Waals surface area contributed by atoms with E-state index in [-0.39, 0.29) is 16.4 Å². The Hall–Kier alpha value is -2.46. The maximum absolute atomic E-state index is 12.1. The monoisotopic (exact) mass is 274 g/mol. The first-order chi connectivity index (χ1) is 9.03. The Balaban J connectivity index is 2.33. The number of nitrogens with zero attached hydrogens (tertiary/aromatic N) is 3. The zero-order valence-corrected chi connectivity index (χ0v) is 10.8. The van der Waals surface area contributed by atoms with E-state index in [1.54, 1.807) is 19.1 Å². The second kappa shape index (κ2) is 5.04. The largest absolute Gasteiger partial charge is 0.264 e. The van der Waals surface area contributed by atoms with Gasteiger partial charge in [-0.2, -0.15) is 5.26 Å². The standard InChI is InChI=1S/C12H10N4O2S/c1-9-3-2-6-14-12(9)16-19(17,18)11-5-4-10(7-13)15-8-11/h2-6,8H,1H3,(H,14,16). The molecule has 0 saturated heterocycles. The minimum absolute atomic E-state index is 0.0171. The van der Waals surface area contributed by atoms with Crippen LogP contribution in [-0.2, 0) is 10.0 Å². The van der Waals surface area contributed by atoms with Crippen LogP contribution in [0.1, 0.15) is 11.3 Å².